The van der Waals surface area contributed by atoms with Crippen LogP contribution in [0.15, 0.2) is 24.3 Å². The average molecular weight is 369 g/mol. The van der Waals surface area contributed by atoms with E-state index in [1.165, 1.54) is 37.7 Å². The van der Waals surface area contributed by atoms with Crippen molar-refractivity contribution in [1.82, 2.24) is 9.42 Å². The second-order valence-electron chi connectivity index (χ2n) is 7.26. The molecular weight excluding hydrogens is 334 g/mol. The lowest BCUT2D eigenvalue weighted by molar-refractivity contribution is 0.199. The molecule has 2 rings (SSSR count). The van der Waals surface area contributed by atoms with Crippen molar-refractivity contribution in [2.45, 2.75) is 71.1 Å². The van der Waals surface area contributed by atoms with Crippen LogP contribution >= 0.6 is 0 Å². The first-order valence-electron chi connectivity index (χ1n) is 9.74. The van der Waals surface area contributed by atoms with Crippen molar-refractivity contribution < 1.29 is 8.42 Å². The van der Waals surface area contributed by atoms with Gasteiger partial charge in [-0.25, -0.2) is 5.14 Å². The predicted molar refractivity (Wildman–Crippen MR) is 105 cm³/mol. The molecule has 1 saturated heterocycles. The van der Waals surface area contributed by atoms with Crippen LogP contribution in [0.5, 0.6) is 0 Å². The van der Waals surface area contributed by atoms with Gasteiger partial charge in [0.25, 0.3) is 0 Å². The third-order valence-corrected chi connectivity index (χ3v) is 5.74. The Morgan fingerprint density at radius 2 is 1.64 bits per heavy atom. The molecule has 6 heteroatoms. The highest BCUT2D eigenvalue weighted by molar-refractivity contribution is 7.87. The second kappa shape index (κ2) is 9.67. The van der Waals surface area contributed by atoms with E-state index in [0.29, 0.717) is 0 Å². The number of nitrogens with one attached hydrogen (secondary N) is 1. The first kappa shape index (κ1) is 20.4. The van der Waals surface area contributed by atoms with E-state index in [9.17, 15) is 8.42 Å². The molecule has 0 atom stereocenters. The predicted octanol–water partition coefficient (Wildman–Crippen LogP) is 3.79. The number of hydrogen-bond acceptors (Lipinski definition) is 2. The van der Waals surface area contributed by atoms with Crippen LogP contribution in [-0.2, 0) is 16.6 Å². The molecule has 0 saturated carbocycles. The Kier molecular flexibility index (Phi) is 7.87. The Labute approximate surface area is 153 Å². The Morgan fingerprint density at radius 1 is 1.00 bits per heavy atom. The molecule has 1 aromatic carbocycles. The SMILES string of the molecule is CCCCCCCCc1ccccc1[N+]1(NS(N)(=O)=O)CCCCC1. The molecule has 1 aliphatic rings. The number of hydrogen-bond donors (Lipinski definition) is 2. The summed E-state index contributed by atoms with van der Waals surface area (Å²) in [6, 6.07) is 8.25. The molecule has 1 aliphatic heterocycles. The number of unbranched alkanes of at least 4 members (excludes halogenated alkanes) is 5. The molecule has 25 heavy (non-hydrogen) atoms. The molecule has 1 heterocycles. The maximum Gasteiger partial charge on any atom is 0.317 e. The van der Waals surface area contributed by atoms with Gasteiger partial charge in [0, 0.05) is 11.6 Å². The zero-order valence-corrected chi connectivity index (χ0v) is 16.4. The van der Waals surface area contributed by atoms with Crippen LogP contribution in [0.3, 0.4) is 0 Å². The Bertz CT molecular complexity index is 625. The van der Waals surface area contributed by atoms with Crippen molar-refractivity contribution in [1.29, 1.82) is 0 Å². The van der Waals surface area contributed by atoms with Crippen LogP contribution in [0.1, 0.15) is 70.3 Å². The van der Waals surface area contributed by atoms with Gasteiger partial charge >= 0.3 is 10.2 Å². The molecule has 0 radical (unpaired) electrons. The fourth-order valence-corrected chi connectivity index (χ4v) is 4.68. The van der Waals surface area contributed by atoms with Gasteiger partial charge in [-0.05, 0) is 36.9 Å². The quantitative estimate of drug-likeness (QED) is 0.487. The summed E-state index contributed by atoms with van der Waals surface area (Å²) in [5, 5.41) is 5.35. The van der Waals surface area contributed by atoms with Crippen molar-refractivity contribution in [2.24, 2.45) is 5.14 Å². The number of quaternary nitrogens is 1. The number of rotatable bonds is 10. The summed E-state index contributed by atoms with van der Waals surface area (Å²) >= 11 is 0. The summed E-state index contributed by atoms with van der Waals surface area (Å²) in [5.41, 5.74) is 2.32. The highest BCUT2D eigenvalue weighted by atomic mass is 32.2. The highest BCUT2D eigenvalue weighted by Crippen LogP contribution is 2.31. The monoisotopic (exact) mass is 368 g/mol. The van der Waals surface area contributed by atoms with Gasteiger partial charge in [-0.15, -0.1) is 0 Å². The first-order chi connectivity index (χ1) is 12.0. The van der Waals surface area contributed by atoms with Crippen molar-refractivity contribution in [3.8, 4) is 0 Å². The summed E-state index contributed by atoms with van der Waals surface area (Å²) in [4.78, 5) is 2.73. The zero-order chi connectivity index (χ0) is 18.2. The molecule has 0 bridgehead atoms. The van der Waals surface area contributed by atoms with Gasteiger partial charge in [0.05, 0.1) is 0 Å². The lowest BCUT2D eigenvalue weighted by Crippen LogP contribution is -2.65. The van der Waals surface area contributed by atoms with E-state index in [0.717, 1.165) is 50.9 Å². The van der Waals surface area contributed by atoms with Gasteiger partial charge in [0.1, 0.15) is 13.1 Å². The standard InChI is InChI=1S/C19H34N3O2S/c1-2-3-4-5-6-8-13-18-14-9-10-15-19(18)22(21-25(20,23)24)16-11-7-12-17-22/h9-10,14-15,21H,2-8,11-13,16-17H2,1H3,(H2,20,23,24)/q+1. The van der Waals surface area contributed by atoms with Crippen molar-refractivity contribution in [2.75, 3.05) is 13.1 Å². The number of para-hydroxylation sites is 1. The van der Waals surface area contributed by atoms with E-state index in [-0.39, 0.29) is 4.59 Å². The average Bonchev–Trinajstić information content (AvgIpc) is 2.57. The number of benzene rings is 1. The van der Waals surface area contributed by atoms with Gasteiger partial charge in [0.15, 0.2) is 5.69 Å². The molecule has 3 N–H and O–H groups in total. The molecule has 0 aliphatic carbocycles. The fourth-order valence-electron chi connectivity index (χ4n) is 3.91. The van der Waals surface area contributed by atoms with Crippen LogP contribution in [0, 0.1) is 0 Å². The Balaban J connectivity index is 2.12. The van der Waals surface area contributed by atoms with Gasteiger partial charge in [-0.1, -0.05) is 57.2 Å². The minimum Gasteiger partial charge on any atom is -0.212 e. The molecule has 5 nitrogen and oxygen atoms in total. The molecular formula is C19H34N3O2S+. The van der Waals surface area contributed by atoms with Crippen molar-refractivity contribution in [3.05, 3.63) is 29.8 Å². The third kappa shape index (κ3) is 6.37. The number of aryl methyl sites for hydroxylation is 1. The molecule has 1 aromatic rings. The van der Waals surface area contributed by atoms with Crippen LogP contribution in [0.25, 0.3) is 0 Å². The van der Waals surface area contributed by atoms with E-state index in [1.54, 1.807) is 0 Å². The zero-order valence-electron chi connectivity index (χ0n) is 15.5. The number of piperidine rings is 1. The topological polar surface area (TPSA) is 72.2 Å². The van der Waals surface area contributed by atoms with Crippen LogP contribution in [0.2, 0.25) is 0 Å². The Morgan fingerprint density at radius 3 is 2.32 bits per heavy atom. The van der Waals surface area contributed by atoms with Gasteiger partial charge < -0.3 is 0 Å². The van der Waals surface area contributed by atoms with E-state index in [2.05, 4.69) is 23.9 Å². The maximum atomic E-state index is 11.8. The first-order valence-corrected chi connectivity index (χ1v) is 11.3. The summed E-state index contributed by atoms with van der Waals surface area (Å²) in [6.45, 7) is 3.77. The van der Waals surface area contributed by atoms with Crippen molar-refractivity contribution >= 4 is 15.9 Å². The summed E-state index contributed by atoms with van der Waals surface area (Å²) < 4.78 is 23.9. The number of nitrogens with zero attached hydrogens (tertiary/aromatic N) is 1. The normalized spacial score (nSPS) is 17.5. The van der Waals surface area contributed by atoms with E-state index in [4.69, 9.17) is 5.14 Å². The summed E-state index contributed by atoms with van der Waals surface area (Å²) in [7, 11) is -3.76. The lowest BCUT2D eigenvalue weighted by atomic mass is 10.0. The highest BCUT2D eigenvalue weighted by Gasteiger charge is 2.38. The van der Waals surface area contributed by atoms with Gasteiger partial charge in [-0.2, -0.15) is 13.0 Å². The van der Waals surface area contributed by atoms with Crippen LogP contribution in [-0.4, -0.2) is 21.5 Å². The molecule has 1 fully saturated rings. The van der Waals surface area contributed by atoms with E-state index < -0.39 is 10.2 Å². The summed E-state index contributed by atoms with van der Waals surface area (Å²) in [6.07, 6.45) is 11.7. The largest absolute Gasteiger partial charge is 0.317 e. The minimum atomic E-state index is -3.76. The van der Waals surface area contributed by atoms with Crippen LogP contribution < -0.4 is 14.6 Å². The van der Waals surface area contributed by atoms with Gasteiger partial charge in [-0.3, -0.25) is 0 Å². The lowest BCUT2D eigenvalue weighted by Gasteiger charge is -2.40. The van der Waals surface area contributed by atoms with Crippen LogP contribution in [0.4, 0.5) is 5.69 Å². The molecule has 0 spiro atoms. The minimum absolute atomic E-state index is 0.269. The molecule has 142 valence electrons. The summed E-state index contributed by atoms with van der Waals surface area (Å²) in [5.74, 6) is 0. The van der Waals surface area contributed by atoms with Crippen molar-refractivity contribution in [3.63, 3.8) is 0 Å². The fraction of sp³-hybridized carbons (Fsp3) is 0.684. The molecule has 0 amide bonds. The smallest absolute Gasteiger partial charge is 0.212 e. The third-order valence-electron chi connectivity index (χ3n) is 5.13. The van der Waals surface area contributed by atoms with Gasteiger partial charge in [0.2, 0.25) is 0 Å². The molecule has 0 aromatic heterocycles. The Hall–Kier alpha value is -0.950. The second-order valence-corrected chi connectivity index (χ2v) is 8.53. The maximum absolute atomic E-state index is 11.8. The van der Waals surface area contributed by atoms with E-state index in [1.807, 2.05) is 12.1 Å². The number of nitrogens with two attached hydrogens (primary N) is 1. The van der Waals surface area contributed by atoms with E-state index >= 15 is 0 Å². The molecule has 0 unspecified atom stereocenters.